The number of nitrogens with zero attached hydrogens (tertiary/aromatic N) is 5. The molecule has 1 saturated heterocycles. The number of hydrogen-bond donors (Lipinski definition) is 1. The third-order valence-corrected chi connectivity index (χ3v) is 7.60. The molecule has 176 valence electrons. The van der Waals surface area contributed by atoms with Crippen LogP contribution in [0.25, 0.3) is 22.2 Å². The van der Waals surface area contributed by atoms with E-state index >= 15 is 0 Å². The summed E-state index contributed by atoms with van der Waals surface area (Å²) in [6.07, 6.45) is 2.65. The molecule has 1 aromatic carbocycles. The number of aromatic nitrogens is 4. The van der Waals surface area contributed by atoms with Gasteiger partial charge in [0.1, 0.15) is 5.82 Å². The van der Waals surface area contributed by atoms with Crippen molar-refractivity contribution in [2.45, 2.75) is 52.5 Å². The normalized spacial score (nSPS) is 16.4. The molecule has 9 heteroatoms. The van der Waals surface area contributed by atoms with Crippen LogP contribution in [0.1, 0.15) is 53.5 Å². The summed E-state index contributed by atoms with van der Waals surface area (Å²) in [5.74, 6) is 1.88. The molecule has 5 rings (SSSR count). The lowest BCUT2D eigenvalue weighted by Crippen LogP contribution is -2.31. The van der Waals surface area contributed by atoms with Crippen LogP contribution < -0.4 is 5.32 Å². The van der Waals surface area contributed by atoms with Crippen LogP contribution in [0, 0.1) is 13.8 Å². The van der Waals surface area contributed by atoms with Crippen molar-refractivity contribution in [3.63, 3.8) is 0 Å². The van der Waals surface area contributed by atoms with Crippen LogP contribution in [0.3, 0.4) is 0 Å². The number of carbonyl (C=O) groups excluding carboxylic acids is 1. The number of anilines is 1. The Hall–Kier alpha value is -3.33. The number of nitrogens with one attached hydrogen (secondary N) is 1. The molecule has 8 nitrogen and oxygen atoms in total. The van der Waals surface area contributed by atoms with Crippen LogP contribution in [0.15, 0.2) is 35.0 Å². The molecule has 1 atom stereocenters. The molecule has 34 heavy (non-hydrogen) atoms. The number of thiazole rings is 1. The number of pyridine rings is 1. The van der Waals surface area contributed by atoms with E-state index in [1.165, 1.54) is 11.3 Å². The van der Waals surface area contributed by atoms with Gasteiger partial charge in [0.15, 0.2) is 5.01 Å². The van der Waals surface area contributed by atoms with Gasteiger partial charge in [-0.1, -0.05) is 38.1 Å². The summed E-state index contributed by atoms with van der Waals surface area (Å²) in [5.41, 5.74) is 1.80. The Morgan fingerprint density at radius 1 is 1.21 bits per heavy atom. The first kappa shape index (κ1) is 22.5. The smallest absolute Gasteiger partial charge is 0.282 e. The van der Waals surface area contributed by atoms with E-state index in [9.17, 15) is 4.79 Å². The van der Waals surface area contributed by atoms with Crippen molar-refractivity contribution in [3.8, 4) is 11.4 Å². The van der Waals surface area contributed by atoms with Crippen molar-refractivity contribution in [1.29, 1.82) is 0 Å². The zero-order chi connectivity index (χ0) is 24.0. The van der Waals surface area contributed by atoms with Gasteiger partial charge < -0.3 is 14.7 Å². The molecule has 4 heterocycles. The maximum atomic E-state index is 13.2. The van der Waals surface area contributed by atoms with E-state index in [0.29, 0.717) is 29.8 Å². The highest BCUT2D eigenvalue weighted by atomic mass is 32.1. The minimum atomic E-state index is -0.0194. The quantitative estimate of drug-likeness (QED) is 0.443. The van der Waals surface area contributed by atoms with Gasteiger partial charge in [-0.15, -0.1) is 11.3 Å². The van der Waals surface area contributed by atoms with Crippen LogP contribution in [0.2, 0.25) is 0 Å². The van der Waals surface area contributed by atoms with Gasteiger partial charge in [0.2, 0.25) is 11.7 Å². The highest BCUT2D eigenvalue weighted by Crippen LogP contribution is 2.32. The molecule has 0 aliphatic carbocycles. The molecule has 1 N–H and O–H groups in total. The van der Waals surface area contributed by atoms with E-state index in [-0.39, 0.29) is 17.4 Å². The van der Waals surface area contributed by atoms with Gasteiger partial charge in [-0.2, -0.15) is 4.98 Å². The predicted octanol–water partition coefficient (Wildman–Crippen LogP) is 4.98. The van der Waals surface area contributed by atoms with Gasteiger partial charge in [-0.25, -0.2) is 9.97 Å². The second kappa shape index (κ2) is 8.47. The maximum Gasteiger partial charge on any atom is 0.282 e. The zero-order valence-corrected chi connectivity index (χ0v) is 20.9. The molecule has 1 aliphatic rings. The van der Waals surface area contributed by atoms with Crippen LogP contribution in [-0.4, -0.2) is 50.0 Å². The first-order valence-electron chi connectivity index (χ1n) is 11.4. The first-order chi connectivity index (χ1) is 16.2. The van der Waals surface area contributed by atoms with Crippen LogP contribution in [0.5, 0.6) is 0 Å². The number of rotatable bonds is 4. The highest BCUT2D eigenvalue weighted by Gasteiger charge is 2.31. The van der Waals surface area contributed by atoms with Crippen LogP contribution in [0.4, 0.5) is 5.82 Å². The van der Waals surface area contributed by atoms with Crippen molar-refractivity contribution in [2.75, 3.05) is 18.4 Å². The summed E-state index contributed by atoms with van der Waals surface area (Å²) in [7, 11) is 0. The summed E-state index contributed by atoms with van der Waals surface area (Å²) in [5, 5.41) is 10.2. The van der Waals surface area contributed by atoms with Gasteiger partial charge in [0.05, 0.1) is 5.69 Å². The Kier molecular flexibility index (Phi) is 5.59. The Morgan fingerprint density at radius 3 is 2.74 bits per heavy atom. The molecule has 0 bridgehead atoms. The minimum absolute atomic E-state index is 0.00791. The Morgan fingerprint density at radius 2 is 2.03 bits per heavy atom. The summed E-state index contributed by atoms with van der Waals surface area (Å²) in [4.78, 5) is 29.7. The van der Waals surface area contributed by atoms with E-state index in [4.69, 9.17) is 4.52 Å². The third kappa shape index (κ3) is 4.27. The molecule has 1 amide bonds. The number of benzene rings is 1. The average Bonchev–Trinajstić information content (AvgIpc) is 3.53. The highest BCUT2D eigenvalue weighted by molar-refractivity contribution is 7.13. The molecule has 0 radical (unpaired) electrons. The largest absolute Gasteiger partial charge is 0.365 e. The summed E-state index contributed by atoms with van der Waals surface area (Å²) in [6, 6.07) is 8.13. The Bertz CT molecular complexity index is 1370. The van der Waals surface area contributed by atoms with E-state index < -0.39 is 0 Å². The summed E-state index contributed by atoms with van der Waals surface area (Å²) in [6.45, 7) is 11.5. The van der Waals surface area contributed by atoms with Crippen molar-refractivity contribution < 1.29 is 9.32 Å². The molecule has 4 aromatic rings. The fourth-order valence-corrected chi connectivity index (χ4v) is 5.51. The minimum Gasteiger partial charge on any atom is -0.365 e. The SMILES string of the molecule is Cc1nc(-c2ccc3ccnc(N[C@H]4CCN(C(=O)c5nc(C)c(C(C)(C)C)s5)C4)c3c2)no1. The van der Waals surface area contributed by atoms with Crippen molar-refractivity contribution in [1.82, 2.24) is 25.0 Å². The van der Waals surface area contributed by atoms with E-state index in [0.717, 1.165) is 39.1 Å². The molecule has 1 fully saturated rings. The van der Waals surface area contributed by atoms with Gasteiger partial charge in [-0.05, 0) is 36.3 Å². The van der Waals surface area contributed by atoms with Gasteiger partial charge >= 0.3 is 0 Å². The molecule has 0 unspecified atom stereocenters. The van der Waals surface area contributed by atoms with Crippen molar-refractivity contribution in [2.24, 2.45) is 0 Å². The average molecular weight is 477 g/mol. The van der Waals surface area contributed by atoms with E-state index in [1.807, 2.05) is 36.1 Å². The van der Waals surface area contributed by atoms with Gasteiger partial charge in [0, 0.05) is 48.1 Å². The number of carbonyl (C=O) groups is 1. The monoisotopic (exact) mass is 476 g/mol. The molecule has 3 aromatic heterocycles. The Labute approximate surface area is 202 Å². The molecular formula is C25H28N6O2S. The van der Waals surface area contributed by atoms with Crippen LogP contribution >= 0.6 is 11.3 Å². The van der Waals surface area contributed by atoms with E-state index in [2.05, 4.69) is 46.2 Å². The number of hydrogen-bond acceptors (Lipinski definition) is 8. The lowest BCUT2D eigenvalue weighted by molar-refractivity contribution is 0.0791. The maximum absolute atomic E-state index is 13.2. The Balaban J connectivity index is 1.34. The third-order valence-electron chi connectivity index (χ3n) is 6.03. The fourth-order valence-electron chi connectivity index (χ4n) is 4.41. The number of likely N-dealkylation sites (tertiary alicyclic amines) is 1. The first-order valence-corrected chi connectivity index (χ1v) is 12.2. The molecule has 1 aliphatic heterocycles. The zero-order valence-electron chi connectivity index (χ0n) is 20.0. The van der Waals surface area contributed by atoms with E-state index in [1.54, 1.807) is 13.1 Å². The standard InChI is InChI=1S/C25H28N6O2S/c1-14-20(25(3,4)5)34-23(27-14)24(32)31-11-9-18(13-31)29-22-19-12-17(21-28-15(2)33-30-21)7-6-16(19)8-10-26-22/h6-8,10,12,18H,9,11,13H2,1-5H3,(H,26,29)/t18-/m0/s1. The number of aryl methyl sites for hydroxylation is 2. The molecule has 0 saturated carbocycles. The lowest BCUT2D eigenvalue weighted by Gasteiger charge is -2.18. The van der Waals surface area contributed by atoms with Crippen molar-refractivity contribution >= 4 is 33.8 Å². The van der Waals surface area contributed by atoms with Crippen molar-refractivity contribution in [3.05, 3.63) is 51.9 Å². The van der Waals surface area contributed by atoms with Gasteiger partial charge in [-0.3, -0.25) is 4.79 Å². The predicted molar refractivity (Wildman–Crippen MR) is 133 cm³/mol. The fraction of sp³-hybridized carbons (Fsp3) is 0.400. The second-order valence-corrected chi connectivity index (χ2v) is 10.8. The summed E-state index contributed by atoms with van der Waals surface area (Å²) < 4.78 is 5.13. The number of fused-ring (bicyclic) bond motifs is 1. The van der Waals surface area contributed by atoms with Gasteiger partial charge in [0.25, 0.3) is 5.91 Å². The topological polar surface area (TPSA) is 97.0 Å². The summed E-state index contributed by atoms with van der Waals surface area (Å²) >= 11 is 1.52. The second-order valence-electron chi connectivity index (χ2n) is 9.80. The molecule has 0 spiro atoms. The number of amides is 1. The lowest BCUT2D eigenvalue weighted by atomic mass is 9.94. The van der Waals surface area contributed by atoms with Crippen LogP contribution in [-0.2, 0) is 5.41 Å². The molecular weight excluding hydrogens is 448 g/mol.